The number of carbonyl (C=O) groups excluding carboxylic acids is 2. The van der Waals surface area contributed by atoms with Crippen molar-refractivity contribution < 1.29 is 19.1 Å². The first-order valence-electron chi connectivity index (χ1n) is 7.81. The lowest BCUT2D eigenvalue weighted by molar-refractivity contribution is 0.0948. The highest BCUT2D eigenvalue weighted by molar-refractivity contribution is 6.06. The molecule has 0 aliphatic heterocycles. The Morgan fingerprint density at radius 3 is 2.52 bits per heavy atom. The molecule has 0 saturated carbocycles. The van der Waals surface area contributed by atoms with Crippen molar-refractivity contribution in [3.05, 3.63) is 41.6 Å². The van der Waals surface area contributed by atoms with Gasteiger partial charge in [-0.3, -0.25) is 14.3 Å². The molecule has 0 atom stereocenters. The van der Waals surface area contributed by atoms with Crippen LogP contribution in [0, 0.1) is 0 Å². The van der Waals surface area contributed by atoms with E-state index in [0.717, 1.165) is 6.42 Å². The van der Waals surface area contributed by atoms with E-state index in [2.05, 4.69) is 15.7 Å². The third-order valence-corrected chi connectivity index (χ3v) is 3.45. The predicted octanol–water partition coefficient (Wildman–Crippen LogP) is 1.45. The van der Waals surface area contributed by atoms with E-state index in [1.54, 1.807) is 44.6 Å². The van der Waals surface area contributed by atoms with Crippen molar-refractivity contribution in [2.45, 2.75) is 6.42 Å². The SMILES string of the molecule is COCCCNC(=O)c1ccc(NC(=O)c2cn(C)nc2OC)cc1. The molecule has 0 unspecified atom stereocenters. The predicted molar refractivity (Wildman–Crippen MR) is 93.0 cm³/mol. The standard InChI is InChI=1S/C17H22N4O4/c1-21-11-14(17(20-21)25-3)16(23)19-13-7-5-12(6-8-13)15(22)18-9-4-10-24-2/h5-8,11H,4,9-10H2,1-3H3,(H,18,22)(H,19,23). The van der Waals surface area contributed by atoms with Gasteiger partial charge >= 0.3 is 0 Å². The minimum absolute atomic E-state index is 0.164. The molecule has 1 heterocycles. The number of rotatable bonds is 8. The summed E-state index contributed by atoms with van der Waals surface area (Å²) in [6, 6.07) is 6.65. The Kier molecular flexibility index (Phi) is 6.53. The number of hydrogen-bond donors (Lipinski definition) is 2. The summed E-state index contributed by atoms with van der Waals surface area (Å²) in [6.45, 7) is 1.15. The second-order valence-electron chi connectivity index (χ2n) is 5.36. The van der Waals surface area contributed by atoms with Crippen LogP contribution in [0.3, 0.4) is 0 Å². The highest BCUT2D eigenvalue weighted by Crippen LogP contribution is 2.17. The van der Waals surface area contributed by atoms with E-state index in [1.165, 1.54) is 11.8 Å². The fourth-order valence-corrected chi connectivity index (χ4v) is 2.20. The average molecular weight is 346 g/mol. The summed E-state index contributed by atoms with van der Waals surface area (Å²) in [7, 11) is 4.79. The number of nitrogens with zero attached hydrogens (tertiary/aromatic N) is 2. The van der Waals surface area contributed by atoms with Crippen molar-refractivity contribution in [3.8, 4) is 5.88 Å². The molecule has 0 fully saturated rings. The average Bonchev–Trinajstić information content (AvgIpc) is 3.00. The van der Waals surface area contributed by atoms with E-state index in [4.69, 9.17) is 9.47 Å². The van der Waals surface area contributed by atoms with Crippen molar-refractivity contribution in [1.29, 1.82) is 0 Å². The summed E-state index contributed by atoms with van der Waals surface area (Å²) < 4.78 is 11.5. The van der Waals surface area contributed by atoms with E-state index in [1.807, 2.05) is 0 Å². The summed E-state index contributed by atoms with van der Waals surface area (Å²) in [5.41, 5.74) is 1.44. The van der Waals surface area contributed by atoms with Gasteiger partial charge in [-0.1, -0.05) is 0 Å². The third-order valence-electron chi connectivity index (χ3n) is 3.45. The minimum Gasteiger partial charge on any atom is -0.479 e. The molecule has 2 amide bonds. The van der Waals surface area contributed by atoms with Gasteiger partial charge in [0.05, 0.1) is 7.11 Å². The number of aromatic nitrogens is 2. The Morgan fingerprint density at radius 1 is 1.16 bits per heavy atom. The van der Waals surface area contributed by atoms with Gasteiger partial charge in [0.1, 0.15) is 5.56 Å². The molecule has 0 aliphatic rings. The molecule has 2 N–H and O–H groups in total. The number of hydrogen-bond acceptors (Lipinski definition) is 5. The maximum atomic E-state index is 12.3. The van der Waals surface area contributed by atoms with Crippen molar-refractivity contribution in [2.75, 3.05) is 32.7 Å². The van der Waals surface area contributed by atoms with Gasteiger partial charge in [0, 0.05) is 44.8 Å². The highest BCUT2D eigenvalue weighted by Gasteiger charge is 2.16. The first kappa shape index (κ1) is 18.5. The van der Waals surface area contributed by atoms with Crippen molar-refractivity contribution >= 4 is 17.5 Å². The zero-order valence-electron chi connectivity index (χ0n) is 14.5. The van der Waals surface area contributed by atoms with Crippen molar-refractivity contribution in [3.63, 3.8) is 0 Å². The van der Waals surface area contributed by atoms with Crippen LogP contribution in [-0.4, -0.2) is 49.0 Å². The van der Waals surface area contributed by atoms with Crippen LogP contribution >= 0.6 is 0 Å². The van der Waals surface area contributed by atoms with Crippen LogP contribution in [0.15, 0.2) is 30.5 Å². The number of carbonyl (C=O) groups is 2. The van der Waals surface area contributed by atoms with Gasteiger partial charge in [-0.25, -0.2) is 0 Å². The molecule has 1 aromatic carbocycles. The van der Waals surface area contributed by atoms with Crippen LogP contribution in [0.25, 0.3) is 0 Å². The lowest BCUT2D eigenvalue weighted by atomic mass is 10.2. The zero-order chi connectivity index (χ0) is 18.2. The molecule has 1 aromatic heterocycles. The van der Waals surface area contributed by atoms with Crippen LogP contribution in [0.2, 0.25) is 0 Å². The van der Waals surface area contributed by atoms with Crippen molar-refractivity contribution in [1.82, 2.24) is 15.1 Å². The van der Waals surface area contributed by atoms with Crippen LogP contribution in [0.5, 0.6) is 5.88 Å². The van der Waals surface area contributed by atoms with Crippen LogP contribution in [-0.2, 0) is 11.8 Å². The highest BCUT2D eigenvalue weighted by atomic mass is 16.5. The van der Waals surface area contributed by atoms with Crippen LogP contribution in [0.4, 0.5) is 5.69 Å². The lowest BCUT2D eigenvalue weighted by Gasteiger charge is -2.07. The second-order valence-corrected chi connectivity index (χ2v) is 5.36. The van der Waals surface area contributed by atoms with Gasteiger partial charge in [0.25, 0.3) is 11.8 Å². The van der Waals surface area contributed by atoms with E-state index < -0.39 is 0 Å². The largest absolute Gasteiger partial charge is 0.479 e. The summed E-state index contributed by atoms with van der Waals surface area (Å²) in [4.78, 5) is 24.3. The van der Waals surface area contributed by atoms with E-state index in [9.17, 15) is 9.59 Å². The van der Waals surface area contributed by atoms with Gasteiger partial charge < -0.3 is 20.1 Å². The number of ether oxygens (including phenoxy) is 2. The topological polar surface area (TPSA) is 94.5 Å². The molecule has 2 aromatic rings. The Morgan fingerprint density at radius 2 is 1.88 bits per heavy atom. The maximum Gasteiger partial charge on any atom is 0.262 e. The minimum atomic E-state index is -0.332. The molecule has 0 spiro atoms. The second kappa shape index (κ2) is 8.84. The number of amides is 2. The van der Waals surface area contributed by atoms with Gasteiger partial charge in [0.2, 0.25) is 5.88 Å². The number of nitrogens with one attached hydrogen (secondary N) is 2. The molecule has 0 radical (unpaired) electrons. The third kappa shape index (κ3) is 5.05. The Labute approximate surface area is 146 Å². The fraction of sp³-hybridized carbons (Fsp3) is 0.353. The van der Waals surface area contributed by atoms with E-state index in [0.29, 0.717) is 30.0 Å². The first-order valence-corrected chi connectivity index (χ1v) is 7.81. The molecule has 0 bridgehead atoms. The maximum absolute atomic E-state index is 12.3. The molecule has 134 valence electrons. The van der Waals surface area contributed by atoms with Crippen LogP contribution < -0.4 is 15.4 Å². The number of benzene rings is 1. The first-order chi connectivity index (χ1) is 12.0. The normalized spacial score (nSPS) is 10.4. The molecule has 0 aliphatic carbocycles. The fourth-order valence-electron chi connectivity index (χ4n) is 2.20. The number of methoxy groups -OCH3 is 2. The van der Waals surface area contributed by atoms with Gasteiger partial charge in [-0.15, -0.1) is 5.10 Å². The lowest BCUT2D eigenvalue weighted by Crippen LogP contribution is -2.25. The molecule has 8 nitrogen and oxygen atoms in total. The summed E-state index contributed by atoms with van der Waals surface area (Å²) in [5.74, 6) is -0.239. The molecular weight excluding hydrogens is 324 g/mol. The molecular formula is C17H22N4O4. The van der Waals surface area contributed by atoms with Crippen molar-refractivity contribution in [2.24, 2.45) is 7.05 Å². The Hall–Kier alpha value is -2.87. The smallest absolute Gasteiger partial charge is 0.262 e. The zero-order valence-corrected chi connectivity index (χ0v) is 14.5. The summed E-state index contributed by atoms with van der Waals surface area (Å²) in [5, 5.41) is 9.60. The number of aryl methyl sites for hydroxylation is 1. The van der Waals surface area contributed by atoms with E-state index >= 15 is 0 Å². The summed E-state index contributed by atoms with van der Waals surface area (Å²) >= 11 is 0. The summed E-state index contributed by atoms with van der Waals surface area (Å²) in [6.07, 6.45) is 2.33. The van der Waals surface area contributed by atoms with E-state index in [-0.39, 0.29) is 17.7 Å². The Balaban J connectivity index is 1.95. The quantitative estimate of drug-likeness (QED) is 0.706. The Bertz CT molecular complexity index is 725. The molecule has 8 heteroatoms. The van der Waals surface area contributed by atoms with Gasteiger partial charge in [0.15, 0.2) is 0 Å². The monoisotopic (exact) mass is 346 g/mol. The van der Waals surface area contributed by atoms with Gasteiger partial charge in [-0.2, -0.15) is 0 Å². The molecule has 2 rings (SSSR count). The molecule has 25 heavy (non-hydrogen) atoms. The molecule has 0 saturated heterocycles. The van der Waals surface area contributed by atoms with Gasteiger partial charge in [-0.05, 0) is 30.7 Å². The number of anilines is 1. The van der Waals surface area contributed by atoms with Crippen LogP contribution in [0.1, 0.15) is 27.1 Å².